The normalized spacial score (nSPS) is 12.3. The van der Waals surface area contributed by atoms with E-state index in [0.29, 0.717) is 5.56 Å². The second-order valence-electron chi connectivity index (χ2n) is 4.97. The Labute approximate surface area is 119 Å². The lowest BCUT2D eigenvalue weighted by molar-refractivity contribution is 0.463. The zero-order valence-electron chi connectivity index (χ0n) is 11.6. The highest BCUT2D eigenvalue weighted by Gasteiger charge is 2.10. The lowest BCUT2D eigenvalue weighted by Crippen LogP contribution is -2.21. The number of aromatic hydroxyl groups is 1. The molecule has 0 aliphatic rings. The van der Waals surface area contributed by atoms with Crippen LogP contribution in [0.3, 0.4) is 0 Å². The quantitative estimate of drug-likeness (QED) is 0.784. The van der Waals surface area contributed by atoms with Crippen LogP contribution < -0.4 is 5.32 Å². The van der Waals surface area contributed by atoms with Gasteiger partial charge in [-0.15, -0.1) is 0 Å². The van der Waals surface area contributed by atoms with Crippen LogP contribution in [0.15, 0.2) is 48.5 Å². The number of aryl methyl sites for hydroxylation is 1. The topological polar surface area (TPSA) is 32.3 Å². The highest BCUT2D eigenvalue weighted by Crippen LogP contribution is 2.20. The predicted molar refractivity (Wildman–Crippen MR) is 79.2 cm³/mol. The summed E-state index contributed by atoms with van der Waals surface area (Å²) in [5, 5.41) is 12.5. The molecule has 0 bridgehead atoms. The fourth-order valence-corrected chi connectivity index (χ4v) is 2.23. The van der Waals surface area contributed by atoms with Gasteiger partial charge in [0.05, 0.1) is 0 Å². The van der Waals surface area contributed by atoms with Crippen LogP contribution in [-0.2, 0) is 6.42 Å². The van der Waals surface area contributed by atoms with Crippen LogP contribution in [0.2, 0.25) is 0 Å². The summed E-state index contributed by atoms with van der Waals surface area (Å²) in [7, 11) is 0. The second-order valence-corrected chi connectivity index (χ2v) is 4.97. The number of benzene rings is 2. The zero-order chi connectivity index (χ0) is 14.4. The number of hydrogen-bond donors (Lipinski definition) is 2. The van der Waals surface area contributed by atoms with E-state index in [1.165, 1.54) is 11.6 Å². The van der Waals surface area contributed by atoms with Crippen LogP contribution in [0.1, 0.15) is 30.5 Å². The predicted octanol–water partition coefficient (Wildman–Crippen LogP) is 3.81. The Hall–Kier alpha value is -1.87. The van der Waals surface area contributed by atoms with E-state index in [1.807, 2.05) is 25.1 Å². The van der Waals surface area contributed by atoms with Gasteiger partial charge < -0.3 is 10.4 Å². The van der Waals surface area contributed by atoms with Gasteiger partial charge >= 0.3 is 0 Å². The van der Waals surface area contributed by atoms with Gasteiger partial charge in [0.1, 0.15) is 11.6 Å². The summed E-state index contributed by atoms with van der Waals surface area (Å²) in [6.07, 6.45) is 2.02. The van der Waals surface area contributed by atoms with Gasteiger partial charge in [0, 0.05) is 17.7 Å². The fourth-order valence-electron chi connectivity index (χ4n) is 2.23. The molecule has 106 valence electrons. The molecule has 2 rings (SSSR count). The van der Waals surface area contributed by atoms with Gasteiger partial charge in [0.25, 0.3) is 0 Å². The Morgan fingerprint density at radius 1 is 1.15 bits per heavy atom. The Bertz CT molecular complexity index is 542. The molecule has 2 aromatic rings. The minimum atomic E-state index is -0.368. The van der Waals surface area contributed by atoms with Crippen molar-refractivity contribution in [2.75, 3.05) is 6.54 Å². The van der Waals surface area contributed by atoms with E-state index in [-0.39, 0.29) is 17.6 Å². The van der Waals surface area contributed by atoms with Gasteiger partial charge in [-0.3, -0.25) is 0 Å². The van der Waals surface area contributed by atoms with Crippen molar-refractivity contribution in [3.63, 3.8) is 0 Å². The molecule has 0 spiro atoms. The van der Waals surface area contributed by atoms with Crippen molar-refractivity contribution in [2.45, 2.75) is 25.8 Å². The maximum atomic E-state index is 13.7. The standard InChI is InChI=1S/C17H20FNO/c1-13(16-10-9-15(20)12-17(16)18)19-11-5-8-14-6-3-2-4-7-14/h2-4,6-7,9-10,12-13,19-20H,5,8,11H2,1H3. The van der Waals surface area contributed by atoms with Crippen molar-refractivity contribution in [1.82, 2.24) is 5.32 Å². The molecule has 0 fully saturated rings. The smallest absolute Gasteiger partial charge is 0.131 e. The molecule has 1 unspecified atom stereocenters. The molecule has 0 radical (unpaired) electrons. The summed E-state index contributed by atoms with van der Waals surface area (Å²) in [5.41, 5.74) is 1.90. The average molecular weight is 273 g/mol. The number of phenolic OH excluding ortho intramolecular Hbond substituents is 1. The summed E-state index contributed by atoms with van der Waals surface area (Å²) in [5.74, 6) is -0.407. The van der Waals surface area contributed by atoms with E-state index in [1.54, 1.807) is 6.07 Å². The monoisotopic (exact) mass is 273 g/mol. The number of nitrogens with one attached hydrogen (secondary N) is 1. The molecule has 0 saturated heterocycles. The molecule has 20 heavy (non-hydrogen) atoms. The Morgan fingerprint density at radius 3 is 2.60 bits per heavy atom. The third kappa shape index (κ3) is 4.07. The molecule has 2 N–H and O–H groups in total. The van der Waals surface area contributed by atoms with Crippen LogP contribution in [0.5, 0.6) is 5.75 Å². The molecule has 2 nitrogen and oxygen atoms in total. The molecule has 0 saturated carbocycles. The van der Waals surface area contributed by atoms with Crippen molar-refractivity contribution in [1.29, 1.82) is 0 Å². The molecule has 1 atom stereocenters. The van der Waals surface area contributed by atoms with Gasteiger partial charge in [-0.25, -0.2) is 4.39 Å². The fraction of sp³-hybridized carbons (Fsp3) is 0.294. The highest BCUT2D eigenvalue weighted by molar-refractivity contribution is 5.29. The largest absolute Gasteiger partial charge is 0.508 e. The van der Waals surface area contributed by atoms with Crippen molar-refractivity contribution in [3.8, 4) is 5.75 Å². The minimum Gasteiger partial charge on any atom is -0.508 e. The molecule has 2 aromatic carbocycles. The second kappa shape index (κ2) is 7.06. The minimum absolute atomic E-state index is 0.0393. The molecule has 0 aliphatic heterocycles. The summed E-state index contributed by atoms with van der Waals surface area (Å²) < 4.78 is 13.7. The third-order valence-corrected chi connectivity index (χ3v) is 3.39. The molecule has 0 amide bonds. The van der Waals surface area contributed by atoms with E-state index in [9.17, 15) is 9.50 Å². The molecule has 0 aliphatic carbocycles. The zero-order valence-corrected chi connectivity index (χ0v) is 11.6. The number of phenols is 1. The third-order valence-electron chi connectivity index (χ3n) is 3.39. The van der Waals surface area contributed by atoms with Gasteiger partial charge in [0.2, 0.25) is 0 Å². The lowest BCUT2D eigenvalue weighted by atomic mass is 10.1. The first-order valence-corrected chi connectivity index (χ1v) is 6.92. The maximum absolute atomic E-state index is 13.7. The Balaban J connectivity index is 1.79. The SMILES string of the molecule is CC(NCCCc1ccccc1)c1ccc(O)cc1F. The van der Waals surface area contributed by atoms with Crippen molar-refractivity contribution in [3.05, 3.63) is 65.5 Å². The van der Waals surface area contributed by atoms with Gasteiger partial charge in [0.15, 0.2) is 0 Å². The average Bonchev–Trinajstić information content (AvgIpc) is 2.44. The van der Waals surface area contributed by atoms with Crippen LogP contribution in [0.4, 0.5) is 4.39 Å². The first-order chi connectivity index (χ1) is 9.66. The molecular formula is C17H20FNO. The van der Waals surface area contributed by atoms with Crippen LogP contribution in [-0.4, -0.2) is 11.7 Å². The molecule has 0 heterocycles. The molecule has 0 aromatic heterocycles. The summed E-state index contributed by atoms with van der Waals surface area (Å²) >= 11 is 0. The van der Waals surface area contributed by atoms with E-state index >= 15 is 0 Å². The molecule has 3 heteroatoms. The summed E-state index contributed by atoms with van der Waals surface area (Å²) in [6, 6.07) is 14.5. The van der Waals surface area contributed by atoms with E-state index < -0.39 is 0 Å². The number of hydrogen-bond acceptors (Lipinski definition) is 2. The van der Waals surface area contributed by atoms with Crippen LogP contribution >= 0.6 is 0 Å². The molecular weight excluding hydrogens is 253 g/mol. The van der Waals surface area contributed by atoms with Crippen LogP contribution in [0.25, 0.3) is 0 Å². The number of halogens is 1. The van der Waals surface area contributed by atoms with Crippen LogP contribution in [0, 0.1) is 5.82 Å². The summed E-state index contributed by atoms with van der Waals surface area (Å²) in [4.78, 5) is 0. The van der Waals surface area contributed by atoms with Crippen molar-refractivity contribution < 1.29 is 9.50 Å². The Morgan fingerprint density at radius 2 is 1.90 bits per heavy atom. The van der Waals surface area contributed by atoms with E-state index in [4.69, 9.17) is 0 Å². The Kier molecular flexibility index (Phi) is 5.13. The lowest BCUT2D eigenvalue weighted by Gasteiger charge is -2.15. The first-order valence-electron chi connectivity index (χ1n) is 6.92. The van der Waals surface area contributed by atoms with Crippen molar-refractivity contribution in [2.24, 2.45) is 0 Å². The number of rotatable bonds is 6. The van der Waals surface area contributed by atoms with E-state index in [0.717, 1.165) is 25.5 Å². The van der Waals surface area contributed by atoms with Gasteiger partial charge in [-0.1, -0.05) is 36.4 Å². The van der Waals surface area contributed by atoms with Gasteiger partial charge in [-0.2, -0.15) is 0 Å². The maximum Gasteiger partial charge on any atom is 0.131 e. The van der Waals surface area contributed by atoms with Gasteiger partial charge in [-0.05, 0) is 37.9 Å². The highest BCUT2D eigenvalue weighted by atomic mass is 19.1. The van der Waals surface area contributed by atoms with E-state index in [2.05, 4.69) is 17.4 Å². The summed E-state index contributed by atoms with van der Waals surface area (Å²) in [6.45, 7) is 2.76. The van der Waals surface area contributed by atoms with Crippen molar-refractivity contribution >= 4 is 0 Å². The first kappa shape index (κ1) is 14.5.